The molecule has 5 nitrogen and oxygen atoms in total. The molecule has 0 unspecified atom stereocenters. The van der Waals surface area contributed by atoms with E-state index in [0.717, 1.165) is 5.56 Å². The average molecular weight is 304 g/mol. The second-order valence-electron chi connectivity index (χ2n) is 4.86. The zero-order valence-corrected chi connectivity index (χ0v) is 12.4. The zero-order valence-electron chi connectivity index (χ0n) is 11.6. The van der Waals surface area contributed by atoms with Gasteiger partial charge in [0.25, 0.3) is 10.0 Å². The van der Waals surface area contributed by atoms with Gasteiger partial charge in [-0.1, -0.05) is 18.2 Å². The van der Waals surface area contributed by atoms with E-state index in [1.807, 2.05) is 12.1 Å². The van der Waals surface area contributed by atoms with E-state index >= 15 is 0 Å². The third-order valence-corrected chi connectivity index (χ3v) is 5.41. The molecule has 0 bridgehead atoms. The van der Waals surface area contributed by atoms with Crippen LogP contribution < -0.4 is 14.8 Å². The van der Waals surface area contributed by atoms with E-state index in [9.17, 15) is 8.42 Å². The lowest BCUT2D eigenvalue weighted by atomic mass is 10.1. The third-order valence-electron chi connectivity index (χ3n) is 3.61. The van der Waals surface area contributed by atoms with Gasteiger partial charge >= 0.3 is 0 Å². The van der Waals surface area contributed by atoms with Crippen molar-refractivity contribution < 1.29 is 13.2 Å². The first-order valence-electron chi connectivity index (χ1n) is 6.58. The summed E-state index contributed by atoms with van der Waals surface area (Å²) in [4.78, 5) is 0.206. The predicted molar refractivity (Wildman–Crippen MR) is 82.1 cm³/mol. The molecule has 0 saturated heterocycles. The highest BCUT2D eigenvalue weighted by molar-refractivity contribution is 7.92. The van der Waals surface area contributed by atoms with Crippen LogP contribution in [0.4, 0.5) is 11.4 Å². The number of nitrogen functional groups attached to an aromatic ring is 1. The summed E-state index contributed by atoms with van der Waals surface area (Å²) in [6.45, 7) is 0.406. The summed E-state index contributed by atoms with van der Waals surface area (Å²) in [6, 6.07) is 11.9. The molecule has 0 radical (unpaired) electrons. The minimum absolute atomic E-state index is 0.206. The smallest absolute Gasteiger partial charge is 0.264 e. The molecule has 0 atom stereocenters. The molecule has 2 aromatic carbocycles. The molecule has 1 heterocycles. The summed E-state index contributed by atoms with van der Waals surface area (Å²) in [5, 5.41) is 0. The Morgan fingerprint density at radius 1 is 1.19 bits per heavy atom. The van der Waals surface area contributed by atoms with Crippen molar-refractivity contribution in [3.8, 4) is 5.75 Å². The fraction of sp³-hybridized carbons (Fsp3) is 0.200. The van der Waals surface area contributed by atoms with Gasteiger partial charge in [-0.2, -0.15) is 0 Å². The molecule has 21 heavy (non-hydrogen) atoms. The SMILES string of the molecule is COc1cccc(S(=O)(=O)N2CCc3cccc(N)c32)c1. The summed E-state index contributed by atoms with van der Waals surface area (Å²) in [7, 11) is -2.13. The number of ether oxygens (including phenoxy) is 1. The zero-order chi connectivity index (χ0) is 15.0. The molecule has 2 N–H and O–H groups in total. The van der Waals surface area contributed by atoms with Crippen LogP contribution in [0.25, 0.3) is 0 Å². The molecule has 6 heteroatoms. The van der Waals surface area contributed by atoms with Gasteiger partial charge in [0.05, 0.1) is 23.4 Å². The van der Waals surface area contributed by atoms with Crippen molar-refractivity contribution in [2.75, 3.05) is 23.7 Å². The minimum Gasteiger partial charge on any atom is -0.497 e. The summed E-state index contributed by atoms with van der Waals surface area (Å²) >= 11 is 0. The van der Waals surface area contributed by atoms with E-state index in [-0.39, 0.29) is 4.90 Å². The van der Waals surface area contributed by atoms with Crippen molar-refractivity contribution in [1.29, 1.82) is 0 Å². The highest BCUT2D eigenvalue weighted by atomic mass is 32.2. The highest BCUT2D eigenvalue weighted by Crippen LogP contribution is 2.37. The number of fused-ring (bicyclic) bond motifs is 1. The number of rotatable bonds is 3. The Balaban J connectivity index is 2.09. The summed E-state index contributed by atoms with van der Waals surface area (Å²) in [5.74, 6) is 0.511. The van der Waals surface area contributed by atoms with Gasteiger partial charge in [0.1, 0.15) is 5.75 Å². The summed E-state index contributed by atoms with van der Waals surface area (Å²) in [5.41, 5.74) is 8.00. The normalized spacial score (nSPS) is 14.0. The van der Waals surface area contributed by atoms with Crippen molar-refractivity contribution in [3.63, 3.8) is 0 Å². The van der Waals surface area contributed by atoms with E-state index in [1.54, 1.807) is 24.3 Å². The Labute approximate surface area is 124 Å². The largest absolute Gasteiger partial charge is 0.497 e. The maximum absolute atomic E-state index is 12.8. The first-order chi connectivity index (χ1) is 10.0. The quantitative estimate of drug-likeness (QED) is 0.881. The Hall–Kier alpha value is -2.21. The van der Waals surface area contributed by atoms with Gasteiger partial charge in [0, 0.05) is 12.6 Å². The van der Waals surface area contributed by atoms with E-state index in [0.29, 0.717) is 30.1 Å². The first kappa shape index (κ1) is 13.8. The number of anilines is 2. The van der Waals surface area contributed by atoms with Gasteiger partial charge in [0.2, 0.25) is 0 Å². The lowest BCUT2D eigenvalue weighted by Crippen LogP contribution is -2.29. The van der Waals surface area contributed by atoms with Gasteiger partial charge < -0.3 is 10.5 Å². The molecule has 1 aliphatic heterocycles. The van der Waals surface area contributed by atoms with Gasteiger partial charge in [0.15, 0.2) is 0 Å². The van der Waals surface area contributed by atoms with Gasteiger partial charge in [-0.05, 0) is 30.2 Å². The number of hydrogen-bond donors (Lipinski definition) is 1. The number of nitrogens with two attached hydrogens (primary N) is 1. The monoisotopic (exact) mass is 304 g/mol. The molecule has 0 fully saturated rings. The van der Waals surface area contributed by atoms with Gasteiger partial charge in [-0.3, -0.25) is 4.31 Å². The third kappa shape index (κ3) is 2.21. The molecule has 0 spiro atoms. The van der Waals surface area contributed by atoms with Crippen LogP contribution in [-0.4, -0.2) is 22.1 Å². The Morgan fingerprint density at radius 2 is 1.95 bits per heavy atom. The highest BCUT2D eigenvalue weighted by Gasteiger charge is 2.32. The maximum atomic E-state index is 12.8. The number of nitrogens with zero attached hydrogens (tertiary/aromatic N) is 1. The van der Waals surface area contributed by atoms with Crippen LogP contribution in [0.1, 0.15) is 5.56 Å². The Kier molecular flexibility index (Phi) is 3.25. The van der Waals surface area contributed by atoms with Crippen molar-refractivity contribution in [1.82, 2.24) is 0 Å². The predicted octanol–water partition coefficient (Wildman–Crippen LogP) is 2.03. The Morgan fingerprint density at radius 3 is 2.71 bits per heavy atom. The van der Waals surface area contributed by atoms with E-state index in [4.69, 9.17) is 10.5 Å². The summed E-state index contributed by atoms with van der Waals surface area (Å²) < 4.78 is 32.1. The topological polar surface area (TPSA) is 72.6 Å². The molecule has 110 valence electrons. The Bertz CT molecular complexity index is 787. The van der Waals surface area contributed by atoms with Crippen molar-refractivity contribution in [2.24, 2.45) is 0 Å². The van der Waals surface area contributed by atoms with Crippen LogP contribution in [0.15, 0.2) is 47.4 Å². The van der Waals surface area contributed by atoms with E-state index in [2.05, 4.69) is 0 Å². The molecular formula is C15H16N2O3S. The number of methoxy groups -OCH3 is 1. The fourth-order valence-electron chi connectivity index (χ4n) is 2.58. The fourth-order valence-corrected chi connectivity index (χ4v) is 4.14. The summed E-state index contributed by atoms with van der Waals surface area (Å²) in [6.07, 6.45) is 0.670. The molecule has 0 saturated carbocycles. The second-order valence-corrected chi connectivity index (χ2v) is 6.72. The lowest BCUT2D eigenvalue weighted by molar-refractivity contribution is 0.413. The molecule has 0 aliphatic carbocycles. The number of hydrogen-bond acceptors (Lipinski definition) is 4. The van der Waals surface area contributed by atoms with Crippen LogP contribution in [0.2, 0.25) is 0 Å². The molecule has 3 rings (SSSR count). The van der Waals surface area contributed by atoms with E-state index < -0.39 is 10.0 Å². The standard InChI is InChI=1S/C15H16N2O3S/c1-20-12-5-3-6-13(10-12)21(18,19)17-9-8-11-4-2-7-14(16)15(11)17/h2-7,10H,8-9,16H2,1H3. The van der Waals surface area contributed by atoms with Crippen LogP contribution in [0, 0.1) is 0 Å². The number of para-hydroxylation sites is 1. The van der Waals surface area contributed by atoms with Crippen molar-refractivity contribution in [2.45, 2.75) is 11.3 Å². The molecular weight excluding hydrogens is 288 g/mol. The van der Waals surface area contributed by atoms with Crippen molar-refractivity contribution >= 4 is 21.4 Å². The molecule has 0 aromatic heterocycles. The average Bonchev–Trinajstić information content (AvgIpc) is 2.93. The maximum Gasteiger partial charge on any atom is 0.264 e. The number of benzene rings is 2. The minimum atomic E-state index is -3.63. The van der Waals surface area contributed by atoms with E-state index in [1.165, 1.54) is 17.5 Å². The molecule has 2 aromatic rings. The van der Waals surface area contributed by atoms with Crippen LogP contribution in [0.3, 0.4) is 0 Å². The van der Waals surface area contributed by atoms with Crippen LogP contribution >= 0.6 is 0 Å². The van der Waals surface area contributed by atoms with Crippen LogP contribution in [-0.2, 0) is 16.4 Å². The molecule has 0 amide bonds. The number of sulfonamides is 1. The van der Waals surface area contributed by atoms with Gasteiger partial charge in [-0.25, -0.2) is 8.42 Å². The van der Waals surface area contributed by atoms with Gasteiger partial charge in [-0.15, -0.1) is 0 Å². The lowest BCUT2D eigenvalue weighted by Gasteiger charge is -2.21. The van der Waals surface area contributed by atoms with Crippen LogP contribution in [0.5, 0.6) is 5.75 Å². The first-order valence-corrected chi connectivity index (χ1v) is 8.02. The van der Waals surface area contributed by atoms with Crippen molar-refractivity contribution in [3.05, 3.63) is 48.0 Å². The second kappa shape index (κ2) is 4.96. The molecule has 1 aliphatic rings.